The molecule has 0 fully saturated rings. The molecule has 0 aliphatic rings. The Bertz CT molecular complexity index is 269. The van der Waals surface area contributed by atoms with Gasteiger partial charge in [-0.2, -0.15) is 0 Å². The molecule has 0 aliphatic carbocycles. The second kappa shape index (κ2) is 19.3. The predicted molar refractivity (Wildman–Crippen MR) is 109 cm³/mol. The lowest BCUT2D eigenvalue weighted by Crippen LogP contribution is -2.13. The Morgan fingerprint density at radius 1 is 0.792 bits per heavy atom. The van der Waals surface area contributed by atoms with E-state index in [1.54, 1.807) is 0 Å². The van der Waals surface area contributed by atoms with Gasteiger partial charge in [-0.1, -0.05) is 94.0 Å². The van der Waals surface area contributed by atoms with Crippen molar-refractivity contribution in [3.8, 4) is 0 Å². The Morgan fingerprint density at radius 3 is 1.96 bits per heavy atom. The molecule has 0 aromatic heterocycles. The average Bonchev–Trinajstić information content (AvgIpc) is 2.58. The second-order valence-electron chi connectivity index (χ2n) is 7.09. The van der Waals surface area contributed by atoms with Crippen LogP contribution in [0.15, 0.2) is 0 Å². The van der Waals surface area contributed by atoms with Crippen molar-refractivity contribution in [2.45, 2.75) is 110 Å². The number of hydrogen-bond acceptors (Lipinski definition) is 2. The number of carbonyl (C=O) groups is 1. The van der Waals surface area contributed by atoms with Crippen molar-refractivity contribution >= 4 is 21.9 Å². The minimum atomic E-state index is 0.0241. The van der Waals surface area contributed by atoms with E-state index in [0.29, 0.717) is 18.9 Å². The number of esters is 1. The third-order valence-corrected chi connectivity index (χ3v) is 5.24. The molecule has 0 heterocycles. The molecule has 0 spiro atoms. The molecule has 0 amide bonds. The van der Waals surface area contributed by atoms with Crippen LogP contribution < -0.4 is 0 Å². The van der Waals surface area contributed by atoms with E-state index in [9.17, 15) is 4.79 Å². The normalized spacial score (nSPS) is 12.3. The highest BCUT2D eigenvalue weighted by atomic mass is 79.9. The van der Waals surface area contributed by atoms with Crippen molar-refractivity contribution in [2.75, 3.05) is 11.9 Å². The Hall–Kier alpha value is -0.0500. The quantitative estimate of drug-likeness (QED) is 0.135. The molecule has 1 unspecified atom stereocenters. The Morgan fingerprint density at radius 2 is 1.33 bits per heavy atom. The van der Waals surface area contributed by atoms with Crippen molar-refractivity contribution in [3.63, 3.8) is 0 Å². The summed E-state index contributed by atoms with van der Waals surface area (Å²) in [6.45, 7) is 5.10. The molecular weight excluding hydrogens is 364 g/mol. The van der Waals surface area contributed by atoms with Crippen LogP contribution in [0.25, 0.3) is 0 Å². The number of halogens is 1. The third-order valence-electron chi connectivity index (χ3n) is 4.68. The van der Waals surface area contributed by atoms with Gasteiger partial charge >= 0.3 is 5.97 Å². The molecule has 0 saturated heterocycles. The maximum atomic E-state index is 12.0. The first-order valence-electron chi connectivity index (χ1n) is 10.5. The van der Waals surface area contributed by atoms with Gasteiger partial charge in [0.2, 0.25) is 0 Å². The largest absolute Gasteiger partial charge is 0.466 e. The molecule has 0 radical (unpaired) electrons. The summed E-state index contributed by atoms with van der Waals surface area (Å²) >= 11 is 3.50. The van der Waals surface area contributed by atoms with Gasteiger partial charge in [0, 0.05) is 11.8 Å². The fourth-order valence-corrected chi connectivity index (χ4v) is 3.44. The van der Waals surface area contributed by atoms with E-state index >= 15 is 0 Å². The summed E-state index contributed by atoms with van der Waals surface area (Å²) in [5.74, 6) is 0.539. The van der Waals surface area contributed by atoms with Crippen LogP contribution in [0.2, 0.25) is 0 Å². The molecule has 144 valence electrons. The van der Waals surface area contributed by atoms with Gasteiger partial charge in [-0.3, -0.25) is 4.79 Å². The van der Waals surface area contributed by atoms with Crippen LogP contribution in [0, 0.1) is 5.92 Å². The molecule has 0 aliphatic heterocycles. The fraction of sp³-hybridized carbons (Fsp3) is 0.952. The molecule has 1 atom stereocenters. The lowest BCUT2D eigenvalue weighted by Gasteiger charge is -2.15. The molecule has 0 saturated carbocycles. The van der Waals surface area contributed by atoms with Crippen molar-refractivity contribution in [1.82, 2.24) is 0 Å². The first kappa shape index (κ1) is 23.9. The van der Waals surface area contributed by atoms with E-state index in [-0.39, 0.29) is 5.97 Å². The summed E-state index contributed by atoms with van der Waals surface area (Å²) in [5.41, 5.74) is 0. The fourth-order valence-electron chi connectivity index (χ4n) is 3.11. The van der Waals surface area contributed by atoms with Crippen molar-refractivity contribution in [1.29, 1.82) is 0 Å². The summed E-state index contributed by atoms with van der Waals surface area (Å²) in [5, 5.41) is 1.03. The van der Waals surface area contributed by atoms with Crippen LogP contribution in [0.4, 0.5) is 0 Å². The third kappa shape index (κ3) is 16.8. The minimum absolute atomic E-state index is 0.0241. The molecule has 0 aromatic carbocycles. The zero-order valence-electron chi connectivity index (χ0n) is 16.3. The maximum Gasteiger partial charge on any atom is 0.306 e. The van der Waals surface area contributed by atoms with Crippen LogP contribution in [0.3, 0.4) is 0 Å². The lowest BCUT2D eigenvalue weighted by atomic mass is 9.93. The highest BCUT2D eigenvalue weighted by Gasteiger charge is 2.14. The highest BCUT2D eigenvalue weighted by Crippen LogP contribution is 2.21. The SMILES string of the molecule is CCCCCCCCCOC(=O)CC(CCCBr)CCCCCC. The number of ether oxygens (including phenoxy) is 1. The number of alkyl halides is 1. The lowest BCUT2D eigenvalue weighted by molar-refractivity contribution is -0.145. The number of hydrogen-bond donors (Lipinski definition) is 0. The molecule has 0 aromatic rings. The van der Waals surface area contributed by atoms with Gasteiger partial charge in [-0.05, 0) is 31.6 Å². The van der Waals surface area contributed by atoms with Gasteiger partial charge in [0.25, 0.3) is 0 Å². The van der Waals surface area contributed by atoms with Crippen LogP contribution in [0.1, 0.15) is 110 Å². The number of rotatable bonds is 18. The molecule has 24 heavy (non-hydrogen) atoms. The van der Waals surface area contributed by atoms with Crippen LogP contribution >= 0.6 is 15.9 Å². The van der Waals surface area contributed by atoms with E-state index in [1.807, 2.05) is 0 Å². The standard InChI is InChI=1S/C21H41BrO2/c1-3-5-7-9-10-11-13-18-24-21(23)19-20(16-14-17-22)15-12-8-6-4-2/h20H,3-19H2,1-2H3. The van der Waals surface area contributed by atoms with Crippen LogP contribution in [-0.2, 0) is 9.53 Å². The summed E-state index contributed by atoms with van der Waals surface area (Å²) in [6, 6.07) is 0. The van der Waals surface area contributed by atoms with E-state index in [2.05, 4.69) is 29.8 Å². The van der Waals surface area contributed by atoms with Gasteiger partial charge < -0.3 is 4.74 Å². The van der Waals surface area contributed by atoms with Crippen molar-refractivity contribution in [3.05, 3.63) is 0 Å². The summed E-state index contributed by atoms with van der Waals surface area (Å²) < 4.78 is 5.46. The molecule has 2 nitrogen and oxygen atoms in total. The molecular formula is C21H41BrO2. The summed E-state index contributed by atoms with van der Waals surface area (Å²) in [4.78, 5) is 12.0. The maximum absolute atomic E-state index is 12.0. The van der Waals surface area contributed by atoms with E-state index in [0.717, 1.165) is 24.6 Å². The van der Waals surface area contributed by atoms with Gasteiger partial charge in [-0.25, -0.2) is 0 Å². The van der Waals surface area contributed by atoms with Crippen LogP contribution in [0.5, 0.6) is 0 Å². The smallest absolute Gasteiger partial charge is 0.306 e. The van der Waals surface area contributed by atoms with Crippen molar-refractivity contribution < 1.29 is 9.53 Å². The topological polar surface area (TPSA) is 26.3 Å². The highest BCUT2D eigenvalue weighted by molar-refractivity contribution is 9.09. The predicted octanol–water partition coefficient (Wildman–Crippen LogP) is 7.43. The Labute approximate surface area is 159 Å². The van der Waals surface area contributed by atoms with E-state index in [4.69, 9.17) is 4.74 Å². The van der Waals surface area contributed by atoms with Gasteiger partial charge in [-0.15, -0.1) is 0 Å². The molecule has 3 heteroatoms. The molecule has 0 N–H and O–H groups in total. The van der Waals surface area contributed by atoms with Crippen LogP contribution in [-0.4, -0.2) is 17.9 Å². The second-order valence-corrected chi connectivity index (χ2v) is 7.89. The van der Waals surface area contributed by atoms with Gasteiger partial charge in [0.05, 0.1) is 6.61 Å². The minimum Gasteiger partial charge on any atom is -0.466 e. The van der Waals surface area contributed by atoms with Gasteiger partial charge in [0.1, 0.15) is 0 Å². The van der Waals surface area contributed by atoms with E-state index < -0.39 is 0 Å². The number of unbranched alkanes of at least 4 members (excludes halogenated alkanes) is 9. The number of carbonyl (C=O) groups excluding carboxylic acids is 1. The summed E-state index contributed by atoms with van der Waals surface area (Å²) in [6.07, 6.45) is 18.1. The van der Waals surface area contributed by atoms with Gasteiger partial charge in [0.15, 0.2) is 0 Å². The Balaban J connectivity index is 3.71. The first-order valence-corrected chi connectivity index (χ1v) is 11.6. The van der Waals surface area contributed by atoms with E-state index in [1.165, 1.54) is 70.6 Å². The molecule has 0 rings (SSSR count). The average molecular weight is 405 g/mol. The summed E-state index contributed by atoms with van der Waals surface area (Å²) in [7, 11) is 0. The van der Waals surface area contributed by atoms with Crippen molar-refractivity contribution in [2.24, 2.45) is 5.92 Å². The first-order chi connectivity index (χ1) is 11.7. The monoisotopic (exact) mass is 404 g/mol. The molecule has 0 bridgehead atoms. The zero-order valence-corrected chi connectivity index (χ0v) is 17.9. The zero-order chi connectivity index (χ0) is 17.9. The Kier molecular flexibility index (Phi) is 19.2.